The highest BCUT2D eigenvalue weighted by Crippen LogP contribution is 2.18. The van der Waals surface area contributed by atoms with E-state index in [-0.39, 0.29) is 5.91 Å². The maximum atomic E-state index is 12.1. The SMILES string of the molecule is COCCCNC(=O)c1ccc(-c2ccccc2)nc1C. The number of aromatic nitrogens is 1. The van der Waals surface area contributed by atoms with E-state index in [9.17, 15) is 4.79 Å². The van der Waals surface area contributed by atoms with Crippen LogP contribution in [0, 0.1) is 6.92 Å². The number of nitrogens with zero attached hydrogens (tertiary/aromatic N) is 1. The van der Waals surface area contributed by atoms with Gasteiger partial charge >= 0.3 is 0 Å². The Labute approximate surface area is 125 Å². The maximum absolute atomic E-state index is 12.1. The number of benzene rings is 1. The van der Waals surface area contributed by atoms with Crippen molar-refractivity contribution in [3.63, 3.8) is 0 Å². The summed E-state index contributed by atoms with van der Waals surface area (Å²) in [7, 11) is 1.65. The summed E-state index contributed by atoms with van der Waals surface area (Å²) in [4.78, 5) is 16.6. The number of amides is 1. The third kappa shape index (κ3) is 4.13. The molecule has 1 heterocycles. The van der Waals surface area contributed by atoms with Crippen molar-refractivity contribution < 1.29 is 9.53 Å². The van der Waals surface area contributed by atoms with Crippen LogP contribution in [0.15, 0.2) is 42.5 Å². The van der Waals surface area contributed by atoms with E-state index in [0.717, 1.165) is 23.4 Å². The maximum Gasteiger partial charge on any atom is 0.253 e. The minimum absolute atomic E-state index is 0.0873. The molecule has 4 heteroatoms. The van der Waals surface area contributed by atoms with Crippen LogP contribution in [0.2, 0.25) is 0 Å². The van der Waals surface area contributed by atoms with Crippen LogP contribution < -0.4 is 5.32 Å². The molecule has 0 bridgehead atoms. The van der Waals surface area contributed by atoms with Crippen molar-refractivity contribution in [1.82, 2.24) is 10.3 Å². The molecule has 0 aliphatic heterocycles. The molecule has 110 valence electrons. The minimum atomic E-state index is -0.0873. The second kappa shape index (κ2) is 7.55. The zero-order chi connectivity index (χ0) is 15.1. The van der Waals surface area contributed by atoms with E-state index < -0.39 is 0 Å². The van der Waals surface area contributed by atoms with Crippen LogP contribution in [0.4, 0.5) is 0 Å². The number of carbonyl (C=O) groups excluding carboxylic acids is 1. The molecule has 0 atom stereocenters. The molecule has 0 unspecified atom stereocenters. The fraction of sp³-hybridized carbons (Fsp3) is 0.294. The molecule has 21 heavy (non-hydrogen) atoms. The van der Waals surface area contributed by atoms with Gasteiger partial charge in [0.1, 0.15) is 0 Å². The quantitative estimate of drug-likeness (QED) is 0.830. The van der Waals surface area contributed by atoms with Crippen LogP contribution >= 0.6 is 0 Å². The summed E-state index contributed by atoms with van der Waals surface area (Å²) in [5, 5.41) is 2.87. The van der Waals surface area contributed by atoms with Gasteiger partial charge in [-0.3, -0.25) is 9.78 Å². The Balaban J connectivity index is 2.07. The summed E-state index contributed by atoms with van der Waals surface area (Å²) >= 11 is 0. The van der Waals surface area contributed by atoms with E-state index in [2.05, 4.69) is 10.3 Å². The van der Waals surface area contributed by atoms with Gasteiger partial charge in [-0.2, -0.15) is 0 Å². The van der Waals surface area contributed by atoms with Gasteiger partial charge in [0.15, 0.2) is 0 Å². The van der Waals surface area contributed by atoms with E-state index in [1.165, 1.54) is 0 Å². The predicted octanol–water partition coefficient (Wildman–Crippen LogP) is 2.82. The Morgan fingerprint density at radius 2 is 1.95 bits per heavy atom. The monoisotopic (exact) mass is 284 g/mol. The number of rotatable bonds is 6. The van der Waals surface area contributed by atoms with E-state index in [0.29, 0.717) is 18.7 Å². The Kier molecular flexibility index (Phi) is 5.46. The molecule has 1 amide bonds. The normalized spacial score (nSPS) is 10.4. The van der Waals surface area contributed by atoms with Crippen molar-refractivity contribution in [2.75, 3.05) is 20.3 Å². The van der Waals surface area contributed by atoms with Crippen molar-refractivity contribution >= 4 is 5.91 Å². The molecule has 0 spiro atoms. The molecule has 0 aliphatic rings. The van der Waals surface area contributed by atoms with Crippen molar-refractivity contribution in [3.05, 3.63) is 53.7 Å². The van der Waals surface area contributed by atoms with Crippen LogP contribution in [-0.4, -0.2) is 31.2 Å². The molecule has 1 aromatic carbocycles. The third-order valence-corrected chi connectivity index (χ3v) is 3.21. The molecule has 1 N–H and O–H groups in total. The number of ether oxygens (including phenoxy) is 1. The summed E-state index contributed by atoms with van der Waals surface area (Å²) in [6.07, 6.45) is 0.802. The molecular weight excluding hydrogens is 264 g/mol. The topological polar surface area (TPSA) is 51.2 Å². The van der Waals surface area contributed by atoms with Crippen molar-refractivity contribution in [1.29, 1.82) is 0 Å². The third-order valence-electron chi connectivity index (χ3n) is 3.21. The fourth-order valence-corrected chi connectivity index (χ4v) is 2.08. The lowest BCUT2D eigenvalue weighted by atomic mass is 10.1. The molecule has 1 aromatic heterocycles. The standard InChI is InChI=1S/C17H20N2O2/c1-13-15(17(20)18-11-6-12-21-2)9-10-16(19-13)14-7-4-3-5-8-14/h3-5,7-10H,6,11-12H2,1-2H3,(H,18,20). The molecule has 2 rings (SSSR count). The molecule has 0 fully saturated rings. The van der Waals surface area contributed by atoms with Gasteiger partial charge in [-0.05, 0) is 25.5 Å². The molecule has 4 nitrogen and oxygen atoms in total. The van der Waals surface area contributed by atoms with Gasteiger partial charge in [0.25, 0.3) is 5.91 Å². The highest BCUT2D eigenvalue weighted by Gasteiger charge is 2.10. The first-order chi connectivity index (χ1) is 10.2. The van der Waals surface area contributed by atoms with Crippen LogP contribution in [0.5, 0.6) is 0 Å². The largest absolute Gasteiger partial charge is 0.385 e. The first kappa shape index (κ1) is 15.2. The number of aryl methyl sites for hydroxylation is 1. The van der Waals surface area contributed by atoms with Crippen molar-refractivity contribution in [2.24, 2.45) is 0 Å². The van der Waals surface area contributed by atoms with E-state index in [4.69, 9.17) is 4.74 Å². The highest BCUT2D eigenvalue weighted by atomic mass is 16.5. The number of carbonyl (C=O) groups is 1. The number of nitrogens with one attached hydrogen (secondary N) is 1. The lowest BCUT2D eigenvalue weighted by molar-refractivity contribution is 0.0947. The summed E-state index contributed by atoms with van der Waals surface area (Å²) in [5.41, 5.74) is 3.28. The van der Waals surface area contributed by atoms with Crippen LogP contribution in [0.3, 0.4) is 0 Å². The first-order valence-electron chi connectivity index (χ1n) is 7.02. The van der Waals surface area contributed by atoms with E-state index in [1.807, 2.05) is 49.4 Å². The van der Waals surface area contributed by atoms with Gasteiger partial charge < -0.3 is 10.1 Å². The van der Waals surface area contributed by atoms with E-state index in [1.54, 1.807) is 7.11 Å². The zero-order valence-electron chi connectivity index (χ0n) is 12.4. The van der Waals surface area contributed by atoms with Crippen LogP contribution in [-0.2, 0) is 4.74 Å². The highest BCUT2D eigenvalue weighted by molar-refractivity contribution is 5.95. The van der Waals surface area contributed by atoms with Crippen molar-refractivity contribution in [3.8, 4) is 11.3 Å². The Bertz CT molecular complexity index is 597. The van der Waals surface area contributed by atoms with Crippen LogP contribution in [0.1, 0.15) is 22.5 Å². The summed E-state index contributed by atoms with van der Waals surface area (Å²) in [6, 6.07) is 13.6. The number of pyridine rings is 1. The average Bonchev–Trinajstić information content (AvgIpc) is 2.52. The summed E-state index contributed by atoms with van der Waals surface area (Å²) in [5.74, 6) is -0.0873. The second-order valence-electron chi connectivity index (χ2n) is 4.80. The Morgan fingerprint density at radius 1 is 1.19 bits per heavy atom. The molecule has 0 saturated carbocycles. The second-order valence-corrected chi connectivity index (χ2v) is 4.80. The van der Waals surface area contributed by atoms with Gasteiger partial charge in [-0.15, -0.1) is 0 Å². The van der Waals surface area contributed by atoms with Gasteiger partial charge in [0.05, 0.1) is 17.0 Å². The van der Waals surface area contributed by atoms with E-state index >= 15 is 0 Å². The first-order valence-corrected chi connectivity index (χ1v) is 7.02. The lowest BCUT2D eigenvalue weighted by Gasteiger charge is -2.09. The van der Waals surface area contributed by atoms with Gasteiger partial charge in [-0.25, -0.2) is 0 Å². The lowest BCUT2D eigenvalue weighted by Crippen LogP contribution is -2.26. The average molecular weight is 284 g/mol. The smallest absolute Gasteiger partial charge is 0.253 e. The molecule has 0 saturated heterocycles. The molecular formula is C17H20N2O2. The minimum Gasteiger partial charge on any atom is -0.385 e. The van der Waals surface area contributed by atoms with Gasteiger partial charge in [-0.1, -0.05) is 30.3 Å². The van der Waals surface area contributed by atoms with Gasteiger partial charge in [0, 0.05) is 25.8 Å². The van der Waals surface area contributed by atoms with Crippen LogP contribution in [0.25, 0.3) is 11.3 Å². The zero-order valence-corrected chi connectivity index (χ0v) is 12.4. The van der Waals surface area contributed by atoms with Crippen molar-refractivity contribution in [2.45, 2.75) is 13.3 Å². The molecule has 0 radical (unpaired) electrons. The molecule has 2 aromatic rings. The number of hydrogen-bond donors (Lipinski definition) is 1. The Hall–Kier alpha value is -2.20. The summed E-state index contributed by atoms with van der Waals surface area (Å²) < 4.78 is 4.95. The predicted molar refractivity (Wildman–Crippen MR) is 83.2 cm³/mol. The summed E-state index contributed by atoms with van der Waals surface area (Å²) in [6.45, 7) is 3.10. The fourth-order valence-electron chi connectivity index (χ4n) is 2.08. The molecule has 0 aliphatic carbocycles. The number of methoxy groups -OCH3 is 1. The number of hydrogen-bond acceptors (Lipinski definition) is 3. The Morgan fingerprint density at radius 3 is 2.62 bits per heavy atom. The van der Waals surface area contributed by atoms with Gasteiger partial charge in [0.2, 0.25) is 0 Å².